The summed E-state index contributed by atoms with van der Waals surface area (Å²) in [5, 5.41) is 3.84. The lowest BCUT2D eigenvalue weighted by Crippen LogP contribution is -2.56. The van der Waals surface area contributed by atoms with Crippen molar-refractivity contribution in [2.24, 2.45) is 5.92 Å². The highest BCUT2D eigenvalue weighted by Gasteiger charge is 2.33. The number of hydrogen-bond acceptors (Lipinski definition) is 3. The lowest BCUT2D eigenvalue weighted by Gasteiger charge is -2.45. The predicted octanol–water partition coefficient (Wildman–Crippen LogP) is 3.39. The zero-order valence-electron chi connectivity index (χ0n) is 15.1. The van der Waals surface area contributed by atoms with E-state index in [1.165, 1.54) is 43.6 Å². The van der Waals surface area contributed by atoms with E-state index in [-0.39, 0.29) is 0 Å². The number of fused-ring (bicyclic) bond motifs is 4. The molecular formula is C22H26N4. The van der Waals surface area contributed by atoms with E-state index in [0.29, 0.717) is 6.04 Å². The average molecular weight is 346 g/mol. The van der Waals surface area contributed by atoms with Gasteiger partial charge in [0.1, 0.15) is 5.82 Å². The van der Waals surface area contributed by atoms with Crippen LogP contribution < -0.4 is 5.32 Å². The molecule has 2 bridgehead atoms. The highest BCUT2D eigenvalue weighted by Crippen LogP contribution is 2.28. The Labute approximate surface area is 154 Å². The van der Waals surface area contributed by atoms with Crippen molar-refractivity contribution >= 4 is 11.0 Å². The third-order valence-corrected chi connectivity index (χ3v) is 6.08. The fourth-order valence-corrected chi connectivity index (χ4v) is 4.67. The van der Waals surface area contributed by atoms with Crippen molar-refractivity contribution in [3.8, 4) is 11.4 Å². The molecule has 1 aromatic heterocycles. The quantitative estimate of drug-likeness (QED) is 0.769. The summed E-state index contributed by atoms with van der Waals surface area (Å²) < 4.78 is 2.37. The van der Waals surface area contributed by atoms with Crippen LogP contribution >= 0.6 is 0 Å². The van der Waals surface area contributed by atoms with E-state index in [9.17, 15) is 0 Å². The van der Waals surface area contributed by atoms with E-state index < -0.39 is 0 Å². The van der Waals surface area contributed by atoms with Gasteiger partial charge in [0, 0.05) is 31.2 Å². The number of benzene rings is 2. The Morgan fingerprint density at radius 3 is 2.50 bits per heavy atom. The van der Waals surface area contributed by atoms with Crippen molar-refractivity contribution in [2.45, 2.75) is 25.4 Å². The molecule has 3 aliphatic heterocycles. The number of para-hydroxylation sites is 2. The zero-order valence-corrected chi connectivity index (χ0v) is 15.1. The highest BCUT2D eigenvalue weighted by molar-refractivity contribution is 5.80. The Morgan fingerprint density at radius 1 is 0.962 bits per heavy atom. The van der Waals surface area contributed by atoms with Crippen LogP contribution in [0.15, 0.2) is 54.6 Å². The van der Waals surface area contributed by atoms with Gasteiger partial charge in [-0.25, -0.2) is 4.98 Å². The Kier molecular flexibility index (Phi) is 4.23. The second-order valence-corrected chi connectivity index (χ2v) is 7.64. The maximum atomic E-state index is 4.91. The molecule has 0 unspecified atom stereocenters. The molecule has 3 aromatic rings. The lowest BCUT2D eigenvalue weighted by molar-refractivity contribution is 0.0725. The number of aromatic nitrogens is 2. The van der Waals surface area contributed by atoms with E-state index in [0.717, 1.165) is 30.3 Å². The van der Waals surface area contributed by atoms with E-state index in [2.05, 4.69) is 69.4 Å². The summed E-state index contributed by atoms with van der Waals surface area (Å²) in [7, 11) is 0. The highest BCUT2D eigenvalue weighted by atomic mass is 15.2. The van der Waals surface area contributed by atoms with E-state index >= 15 is 0 Å². The van der Waals surface area contributed by atoms with Gasteiger partial charge in [-0.05, 0) is 44.0 Å². The van der Waals surface area contributed by atoms with Gasteiger partial charge in [0.15, 0.2) is 0 Å². The molecule has 4 heterocycles. The number of rotatable bonds is 5. The molecule has 0 amide bonds. The van der Waals surface area contributed by atoms with Crippen LogP contribution in [-0.2, 0) is 6.54 Å². The second kappa shape index (κ2) is 6.86. The van der Waals surface area contributed by atoms with Crippen LogP contribution in [0.25, 0.3) is 22.4 Å². The molecule has 0 saturated carbocycles. The van der Waals surface area contributed by atoms with Gasteiger partial charge in [-0.2, -0.15) is 0 Å². The molecule has 1 N–H and O–H groups in total. The fraction of sp³-hybridized carbons (Fsp3) is 0.409. The van der Waals surface area contributed by atoms with Crippen LogP contribution in [0.3, 0.4) is 0 Å². The topological polar surface area (TPSA) is 33.1 Å². The zero-order chi connectivity index (χ0) is 17.3. The second-order valence-electron chi connectivity index (χ2n) is 7.64. The molecule has 0 spiro atoms. The van der Waals surface area contributed by atoms with Gasteiger partial charge >= 0.3 is 0 Å². The number of imidazole rings is 1. The largest absolute Gasteiger partial charge is 0.323 e. The summed E-state index contributed by atoms with van der Waals surface area (Å²) >= 11 is 0. The predicted molar refractivity (Wildman–Crippen MR) is 106 cm³/mol. The minimum absolute atomic E-state index is 0.660. The van der Waals surface area contributed by atoms with Crippen molar-refractivity contribution in [1.82, 2.24) is 19.8 Å². The number of piperidine rings is 3. The third-order valence-electron chi connectivity index (χ3n) is 6.08. The molecule has 3 aliphatic rings. The summed E-state index contributed by atoms with van der Waals surface area (Å²) in [4.78, 5) is 7.52. The van der Waals surface area contributed by atoms with E-state index in [4.69, 9.17) is 4.98 Å². The molecule has 3 fully saturated rings. The minimum atomic E-state index is 0.660. The maximum Gasteiger partial charge on any atom is 0.141 e. The van der Waals surface area contributed by atoms with Crippen molar-refractivity contribution < 1.29 is 0 Å². The minimum Gasteiger partial charge on any atom is -0.323 e. The van der Waals surface area contributed by atoms with Gasteiger partial charge in [0.2, 0.25) is 0 Å². The number of hydrogen-bond donors (Lipinski definition) is 1. The summed E-state index contributed by atoms with van der Waals surface area (Å²) in [6.45, 7) is 5.77. The lowest BCUT2D eigenvalue weighted by atomic mass is 9.84. The molecule has 134 valence electrons. The van der Waals surface area contributed by atoms with Crippen LogP contribution in [0, 0.1) is 5.92 Å². The first kappa shape index (κ1) is 16.0. The average Bonchev–Trinajstić information content (AvgIpc) is 3.08. The first-order chi connectivity index (χ1) is 12.9. The summed E-state index contributed by atoms with van der Waals surface area (Å²) in [5.74, 6) is 1.94. The van der Waals surface area contributed by atoms with Crippen molar-refractivity contribution in [1.29, 1.82) is 0 Å². The first-order valence-corrected chi connectivity index (χ1v) is 9.85. The SMILES string of the molecule is c1ccc(-c2nc3ccccc3n2CCN[C@@H]2CN3CCC2CC3)cc1. The van der Waals surface area contributed by atoms with Crippen LogP contribution in [0.4, 0.5) is 0 Å². The van der Waals surface area contributed by atoms with Gasteiger partial charge in [-0.1, -0.05) is 42.5 Å². The molecule has 26 heavy (non-hydrogen) atoms. The molecule has 1 atom stereocenters. The molecule has 4 nitrogen and oxygen atoms in total. The maximum absolute atomic E-state index is 4.91. The Bertz CT molecular complexity index is 878. The van der Waals surface area contributed by atoms with Crippen LogP contribution in [0.5, 0.6) is 0 Å². The molecular weight excluding hydrogens is 320 g/mol. The molecule has 0 aliphatic carbocycles. The van der Waals surface area contributed by atoms with Crippen molar-refractivity contribution in [3.05, 3.63) is 54.6 Å². The standard InChI is InChI=1S/C22H26N4/c1-2-6-18(7-3-1)22-24-19-8-4-5-9-21(19)26(22)15-12-23-20-16-25-13-10-17(20)11-14-25/h1-9,17,20,23H,10-16H2/t20-/m1/s1. The van der Waals surface area contributed by atoms with Gasteiger partial charge in [-0.15, -0.1) is 0 Å². The van der Waals surface area contributed by atoms with E-state index in [1.807, 2.05) is 0 Å². The third kappa shape index (κ3) is 2.93. The summed E-state index contributed by atoms with van der Waals surface area (Å²) in [6, 6.07) is 19.7. The van der Waals surface area contributed by atoms with Gasteiger partial charge in [0.05, 0.1) is 11.0 Å². The summed E-state index contributed by atoms with van der Waals surface area (Å²) in [6.07, 6.45) is 2.72. The van der Waals surface area contributed by atoms with Crippen LogP contribution in [-0.4, -0.2) is 46.7 Å². The van der Waals surface area contributed by atoms with Crippen molar-refractivity contribution in [2.75, 3.05) is 26.2 Å². The molecule has 6 rings (SSSR count). The molecule has 0 radical (unpaired) electrons. The Balaban J connectivity index is 1.38. The Hall–Kier alpha value is -2.17. The van der Waals surface area contributed by atoms with Gasteiger partial charge in [-0.3, -0.25) is 0 Å². The van der Waals surface area contributed by atoms with Crippen molar-refractivity contribution in [3.63, 3.8) is 0 Å². The fourth-order valence-electron chi connectivity index (χ4n) is 4.67. The smallest absolute Gasteiger partial charge is 0.141 e. The number of nitrogens with one attached hydrogen (secondary N) is 1. The first-order valence-electron chi connectivity index (χ1n) is 9.85. The normalized spacial score (nSPS) is 25.0. The summed E-state index contributed by atoms with van der Waals surface area (Å²) in [5.41, 5.74) is 3.49. The van der Waals surface area contributed by atoms with Gasteiger partial charge in [0.25, 0.3) is 0 Å². The Morgan fingerprint density at radius 2 is 1.73 bits per heavy atom. The monoisotopic (exact) mass is 346 g/mol. The number of nitrogens with zero attached hydrogens (tertiary/aromatic N) is 3. The molecule has 3 saturated heterocycles. The van der Waals surface area contributed by atoms with Crippen LogP contribution in [0.2, 0.25) is 0 Å². The van der Waals surface area contributed by atoms with Gasteiger partial charge < -0.3 is 14.8 Å². The molecule has 4 heteroatoms. The molecule has 2 aromatic carbocycles. The van der Waals surface area contributed by atoms with E-state index in [1.54, 1.807) is 0 Å². The van der Waals surface area contributed by atoms with Crippen LogP contribution in [0.1, 0.15) is 12.8 Å².